The van der Waals surface area contributed by atoms with Gasteiger partial charge in [0, 0.05) is 11.0 Å². The average molecular weight is 245 g/mol. The number of carboxylic acid groups (broad SMARTS) is 1. The van der Waals surface area contributed by atoms with E-state index in [4.69, 9.17) is 9.52 Å². The van der Waals surface area contributed by atoms with Gasteiger partial charge in [0.25, 0.3) is 0 Å². The van der Waals surface area contributed by atoms with Crippen molar-refractivity contribution in [3.63, 3.8) is 0 Å². The highest BCUT2D eigenvalue weighted by Crippen LogP contribution is 2.28. The molecule has 0 spiro atoms. The third kappa shape index (κ3) is 2.59. The highest BCUT2D eigenvalue weighted by molar-refractivity contribution is 5.69. The molecule has 0 aliphatic rings. The summed E-state index contributed by atoms with van der Waals surface area (Å²) >= 11 is 0. The minimum Gasteiger partial charge on any atom is -0.481 e. The van der Waals surface area contributed by atoms with E-state index < -0.39 is 5.97 Å². The zero-order chi connectivity index (χ0) is 13.2. The fraction of sp³-hybridized carbons (Fsp3) is 0.286. The highest BCUT2D eigenvalue weighted by Gasteiger charge is 2.24. The summed E-state index contributed by atoms with van der Waals surface area (Å²) in [7, 11) is 0. The molecule has 1 aromatic carbocycles. The van der Waals surface area contributed by atoms with Crippen LogP contribution in [0.1, 0.15) is 25.8 Å². The van der Waals surface area contributed by atoms with Crippen LogP contribution in [0.4, 0.5) is 0 Å². The molecule has 0 saturated heterocycles. The Labute approximate surface area is 105 Å². The number of aliphatic carboxylic acids is 1. The Morgan fingerprint density at radius 2 is 2.00 bits per heavy atom. The zero-order valence-corrected chi connectivity index (χ0v) is 10.4. The lowest BCUT2D eigenvalue weighted by molar-refractivity contribution is -0.138. The van der Waals surface area contributed by atoms with Crippen molar-refractivity contribution in [1.29, 1.82) is 0 Å². The van der Waals surface area contributed by atoms with E-state index in [1.807, 2.05) is 38.1 Å². The SMILES string of the molecule is CC(C)(CC(=O)O)c1ccc(-c2ncco2)cc1. The Kier molecular flexibility index (Phi) is 3.19. The number of oxazole rings is 1. The van der Waals surface area contributed by atoms with Gasteiger partial charge in [0.1, 0.15) is 6.26 Å². The second kappa shape index (κ2) is 4.64. The van der Waals surface area contributed by atoms with E-state index in [1.54, 1.807) is 6.20 Å². The maximum atomic E-state index is 10.8. The first-order valence-electron chi connectivity index (χ1n) is 5.71. The maximum Gasteiger partial charge on any atom is 0.304 e. The predicted octanol–water partition coefficient (Wildman–Crippen LogP) is 3.09. The molecule has 94 valence electrons. The number of aromatic nitrogens is 1. The van der Waals surface area contributed by atoms with Gasteiger partial charge in [-0.2, -0.15) is 0 Å². The fourth-order valence-electron chi connectivity index (χ4n) is 1.91. The molecule has 0 aliphatic heterocycles. The smallest absolute Gasteiger partial charge is 0.304 e. The monoisotopic (exact) mass is 245 g/mol. The Hall–Kier alpha value is -2.10. The summed E-state index contributed by atoms with van der Waals surface area (Å²) in [5, 5.41) is 8.89. The largest absolute Gasteiger partial charge is 0.481 e. The van der Waals surface area contributed by atoms with Crippen molar-refractivity contribution in [1.82, 2.24) is 4.98 Å². The molecule has 2 rings (SSSR count). The molecule has 1 aromatic heterocycles. The van der Waals surface area contributed by atoms with E-state index in [9.17, 15) is 4.79 Å². The molecule has 0 saturated carbocycles. The molecular weight excluding hydrogens is 230 g/mol. The summed E-state index contributed by atoms with van der Waals surface area (Å²) in [5.41, 5.74) is 1.48. The minimum absolute atomic E-state index is 0.103. The van der Waals surface area contributed by atoms with Crippen LogP contribution in [0.3, 0.4) is 0 Å². The molecule has 1 heterocycles. The van der Waals surface area contributed by atoms with Crippen molar-refractivity contribution in [2.75, 3.05) is 0 Å². The molecule has 0 unspecified atom stereocenters. The Balaban J connectivity index is 2.25. The van der Waals surface area contributed by atoms with Gasteiger partial charge in [0.05, 0.1) is 12.6 Å². The van der Waals surface area contributed by atoms with E-state index in [2.05, 4.69) is 4.98 Å². The molecule has 4 nitrogen and oxygen atoms in total. The number of benzene rings is 1. The van der Waals surface area contributed by atoms with Crippen LogP contribution in [-0.2, 0) is 10.2 Å². The van der Waals surface area contributed by atoms with Crippen LogP contribution in [0.25, 0.3) is 11.5 Å². The van der Waals surface area contributed by atoms with Crippen molar-refractivity contribution < 1.29 is 14.3 Å². The molecule has 0 bridgehead atoms. The van der Waals surface area contributed by atoms with Crippen LogP contribution in [-0.4, -0.2) is 16.1 Å². The van der Waals surface area contributed by atoms with Gasteiger partial charge < -0.3 is 9.52 Å². The molecule has 4 heteroatoms. The highest BCUT2D eigenvalue weighted by atomic mass is 16.4. The van der Waals surface area contributed by atoms with Gasteiger partial charge in [-0.3, -0.25) is 4.79 Å². The molecule has 0 radical (unpaired) electrons. The molecular formula is C14H15NO3. The third-order valence-corrected chi connectivity index (χ3v) is 2.94. The first kappa shape index (κ1) is 12.4. The Morgan fingerprint density at radius 1 is 1.33 bits per heavy atom. The Morgan fingerprint density at radius 3 is 2.50 bits per heavy atom. The lowest BCUT2D eigenvalue weighted by Crippen LogP contribution is -2.21. The lowest BCUT2D eigenvalue weighted by atomic mass is 9.81. The summed E-state index contributed by atoms with van der Waals surface area (Å²) in [6, 6.07) is 7.63. The van der Waals surface area contributed by atoms with Gasteiger partial charge in [-0.1, -0.05) is 26.0 Å². The van der Waals surface area contributed by atoms with Crippen LogP contribution in [0.15, 0.2) is 41.1 Å². The minimum atomic E-state index is -0.795. The van der Waals surface area contributed by atoms with Gasteiger partial charge >= 0.3 is 5.97 Å². The third-order valence-electron chi connectivity index (χ3n) is 2.94. The summed E-state index contributed by atoms with van der Waals surface area (Å²) in [5.74, 6) is -0.227. The topological polar surface area (TPSA) is 63.3 Å². The van der Waals surface area contributed by atoms with E-state index >= 15 is 0 Å². The fourth-order valence-corrected chi connectivity index (χ4v) is 1.91. The second-order valence-corrected chi connectivity index (χ2v) is 4.87. The van der Waals surface area contributed by atoms with E-state index in [1.165, 1.54) is 6.26 Å². The van der Waals surface area contributed by atoms with Crippen molar-refractivity contribution >= 4 is 5.97 Å². The second-order valence-electron chi connectivity index (χ2n) is 4.87. The number of carbonyl (C=O) groups is 1. The van der Waals surface area contributed by atoms with E-state index in [0.717, 1.165) is 11.1 Å². The average Bonchev–Trinajstić information content (AvgIpc) is 2.81. The molecule has 0 atom stereocenters. The number of carboxylic acids is 1. The summed E-state index contributed by atoms with van der Waals surface area (Å²) < 4.78 is 5.20. The van der Waals surface area contributed by atoms with Gasteiger partial charge in [-0.05, 0) is 17.7 Å². The molecule has 0 amide bonds. The van der Waals surface area contributed by atoms with Crippen LogP contribution in [0.2, 0.25) is 0 Å². The number of nitrogens with zero attached hydrogens (tertiary/aromatic N) is 1. The zero-order valence-electron chi connectivity index (χ0n) is 10.4. The van der Waals surface area contributed by atoms with Gasteiger partial charge in [-0.15, -0.1) is 0 Å². The van der Waals surface area contributed by atoms with Crippen molar-refractivity contribution in [2.24, 2.45) is 0 Å². The van der Waals surface area contributed by atoms with Gasteiger partial charge in [-0.25, -0.2) is 4.98 Å². The van der Waals surface area contributed by atoms with Gasteiger partial charge in [0.15, 0.2) is 0 Å². The Bertz CT molecular complexity index is 527. The van der Waals surface area contributed by atoms with Crippen LogP contribution in [0.5, 0.6) is 0 Å². The van der Waals surface area contributed by atoms with Crippen LogP contribution < -0.4 is 0 Å². The predicted molar refractivity (Wildman–Crippen MR) is 67.2 cm³/mol. The standard InChI is InChI=1S/C14H15NO3/c1-14(2,9-12(16)17)11-5-3-10(4-6-11)13-15-7-8-18-13/h3-8H,9H2,1-2H3,(H,16,17). The molecule has 0 aliphatic carbocycles. The number of hydrogen-bond acceptors (Lipinski definition) is 3. The number of rotatable bonds is 4. The van der Waals surface area contributed by atoms with Crippen molar-refractivity contribution in [3.05, 3.63) is 42.3 Å². The first-order valence-corrected chi connectivity index (χ1v) is 5.71. The van der Waals surface area contributed by atoms with E-state index in [-0.39, 0.29) is 11.8 Å². The van der Waals surface area contributed by atoms with Crippen LogP contribution >= 0.6 is 0 Å². The molecule has 18 heavy (non-hydrogen) atoms. The normalized spacial score (nSPS) is 11.4. The lowest BCUT2D eigenvalue weighted by Gasteiger charge is -2.23. The summed E-state index contributed by atoms with van der Waals surface area (Å²) in [6.45, 7) is 3.84. The quantitative estimate of drug-likeness (QED) is 0.899. The molecule has 2 aromatic rings. The van der Waals surface area contributed by atoms with Gasteiger partial charge in [0.2, 0.25) is 5.89 Å². The van der Waals surface area contributed by atoms with Crippen molar-refractivity contribution in [3.8, 4) is 11.5 Å². The van der Waals surface area contributed by atoms with Crippen LogP contribution in [0, 0.1) is 0 Å². The molecule has 1 N–H and O–H groups in total. The first-order chi connectivity index (χ1) is 8.49. The number of hydrogen-bond donors (Lipinski definition) is 1. The summed E-state index contributed by atoms with van der Waals surface area (Å²) in [4.78, 5) is 14.9. The van der Waals surface area contributed by atoms with E-state index in [0.29, 0.717) is 5.89 Å². The maximum absolute atomic E-state index is 10.8. The molecule has 0 fully saturated rings. The van der Waals surface area contributed by atoms with Crippen molar-refractivity contribution in [2.45, 2.75) is 25.7 Å². The summed E-state index contributed by atoms with van der Waals surface area (Å²) in [6.07, 6.45) is 3.22.